The average Bonchev–Trinajstić information content (AvgIpc) is 2.61. The molecule has 11 heavy (non-hydrogen) atoms. The molecular formula is C9H16OSi. The van der Waals surface area contributed by atoms with Crippen LogP contribution >= 0.6 is 0 Å². The van der Waals surface area contributed by atoms with E-state index >= 15 is 0 Å². The van der Waals surface area contributed by atoms with Crippen LogP contribution < -0.4 is 0 Å². The Balaban J connectivity index is 2.41. The highest BCUT2D eigenvalue weighted by atomic mass is 28.3. The first-order valence-corrected chi connectivity index (χ1v) is 7.70. The number of rotatable bonds is 1. The molecule has 0 aromatic rings. The summed E-state index contributed by atoms with van der Waals surface area (Å²) in [5.41, 5.74) is 3.18. The van der Waals surface area contributed by atoms with Crippen LogP contribution in [0.1, 0.15) is 12.8 Å². The second-order valence-corrected chi connectivity index (χ2v) is 9.05. The third-order valence-electron chi connectivity index (χ3n) is 1.66. The minimum atomic E-state index is -1.26. The van der Waals surface area contributed by atoms with Gasteiger partial charge in [0.2, 0.25) is 0 Å². The van der Waals surface area contributed by atoms with E-state index in [9.17, 15) is 5.11 Å². The number of aliphatic hydroxyl groups is 1. The highest BCUT2D eigenvalue weighted by Gasteiger charge is 2.28. The van der Waals surface area contributed by atoms with Crippen molar-refractivity contribution < 1.29 is 5.11 Å². The summed E-state index contributed by atoms with van der Waals surface area (Å²) < 4.78 is 0. The molecule has 1 rings (SSSR count). The Hall–Kier alpha value is -0.263. The van der Waals surface area contributed by atoms with Crippen LogP contribution in [0.2, 0.25) is 19.6 Å². The van der Waals surface area contributed by atoms with Gasteiger partial charge in [-0.25, -0.2) is 0 Å². The van der Waals surface area contributed by atoms with E-state index in [1.807, 2.05) is 0 Å². The molecule has 62 valence electrons. The Morgan fingerprint density at radius 2 is 1.91 bits per heavy atom. The van der Waals surface area contributed by atoms with Crippen LogP contribution in [-0.2, 0) is 0 Å². The van der Waals surface area contributed by atoms with Gasteiger partial charge in [-0.2, -0.15) is 0 Å². The lowest BCUT2D eigenvalue weighted by Gasteiger charge is -2.05. The molecule has 0 bridgehead atoms. The van der Waals surface area contributed by atoms with Crippen LogP contribution in [0.5, 0.6) is 0 Å². The first kappa shape index (κ1) is 8.83. The Morgan fingerprint density at radius 1 is 1.36 bits per heavy atom. The molecule has 0 saturated heterocycles. The van der Waals surface area contributed by atoms with Crippen LogP contribution in [0.3, 0.4) is 0 Å². The molecule has 1 saturated carbocycles. The Bertz CT molecular complexity index is 190. The normalized spacial score (nSPS) is 20.4. The second-order valence-electron chi connectivity index (χ2n) is 4.30. The van der Waals surface area contributed by atoms with Crippen molar-refractivity contribution in [1.29, 1.82) is 0 Å². The van der Waals surface area contributed by atoms with Crippen molar-refractivity contribution in [3.63, 3.8) is 0 Å². The molecule has 0 amide bonds. The summed E-state index contributed by atoms with van der Waals surface area (Å²) in [7, 11) is -1.26. The van der Waals surface area contributed by atoms with Gasteiger partial charge < -0.3 is 5.11 Å². The fraction of sp³-hybridized carbons (Fsp3) is 0.778. The number of hydrogen-bond acceptors (Lipinski definition) is 1. The molecule has 0 aliphatic heterocycles. The Labute approximate surface area is 69.8 Å². The van der Waals surface area contributed by atoms with Gasteiger partial charge in [0.1, 0.15) is 14.2 Å². The second kappa shape index (κ2) is 3.00. The van der Waals surface area contributed by atoms with Crippen molar-refractivity contribution in [2.24, 2.45) is 5.92 Å². The van der Waals surface area contributed by atoms with Gasteiger partial charge >= 0.3 is 0 Å². The third-order valence-corrected chi connectivity index (χ3v) is 2.56. The van der Waals surface area contributed by atoms with E-state index in [4.69, 9.17) is 0 Å². The van der Waals surface area contributed by atoms with Gasteiger partial charge in [-0.15, -0.1) is 5.54 Å². The lowest BCUT2D eigenvalue weighted by atomic mass is 10.2. The zero-order valence-electron chi connectivity index (χ0n) is 7.52. The standard InChI is InChI=1S/C9H16OSi/c1-11(2,3)7-6-9(10)8-4-5-8/h8-10H,4-5H2,1-3H3/t9-/m0/s1. The molecule has 2 heteroatoms. The minimum absolute atomic E-state index is 0.332. The van der Waals surface area contributed by atoms with Crippen LogP contribution in [-0.4, -0.2) is 19.3 Å². The van der Waals surface area contributed by atoms with Crippen molar-refractivity contribution in [3.05, 3.63) is 0 Å². The molecule has 1 fully saturated rings. The van der Waals surface area contributed by atoms with Gasteiger partial charge in [0, 0.05) is 0 Å². The summed E-state index contributed by atoms with van der Waals surface area (Å²) in [6.45, 7) is 6.58. The van der Waals surface area contributed by atoms with Gasteiger partial charge in [0.15, 0.2) is 0 Å². The molecular weight excluding hydrogens is 152 g/mol. The van der Waals surface area contributed by atoms with E-state index in [0.717, 1.165) is 0 Å². The predicted molar refractivity (Wildman–Crippen MR) is 49.9 cm³/mol. The molecule has 0 radical (unpaired) electrons. The van der Waals surface area contributed by atoms with Crippen molar-refractivity contribution >= 4 is 8.07 Å². The minimum Gasteiger partial charge on any atom is -0.380 e. The van der Waals surface area contributed by atoms with Crippen molar-refractivity contribution in [2.75, 3.05) is 0 Å². The lowest BCUT2D eigenvalue weighted by Crippen LogP contribution is -2.18. The summed E-state index contributed by atoms with van der Waals surface area (Å²) >= 11 is 0. The maximum atomic E-state index is 9.40. The van der Waals surface area contributed by atoms with E-state index in [2.05, 4.69) is 31.1 Å². The molecule has 0 spiro atoms. The molecule has 1 aliphatic carbocycles. The molecule has 1 aliphatic rings. The zero-order valence-corrected chi connectivity index (χ0v) is 8.52. The molecule has 0 aromatic carbocycles. The number of hydrogen-bond donors (Lipinski definition) is 1. The van der Waals surface area contributed by atoms with Crippen molar-refractivity contribution in [2.45, 2.75) is 38.6 Å². The van der Waals surface area contributed by atoms with Gasteiger partial charge in [0.25, 0.3) is 0 Å². The van der Waals surface area contributed by atoms with Crippen LogP contribution in [0, 0.1) is 17.4 Å². The maximum Gasteiger partial charge on any atom is 0.129 e. The molecule has 1 nitrogen and oxygen atoms in total. The molecule has 0 aromatic heterocycles. The van der Waals surface area contributed by atoms with Crippen LogP contribution in [0.25, 0.3) is 0 Å². The maximum absolute atomic E-state index is 9.40. The van der Waals surface area contributed by atoms with E-state index in [0.29, 0.717) is 5.92 Å². The Morgan fingerprint density at radius 3 is 2.27 bits per heavy atom. The molecule has 1 atom stereocenters. The van der Waals surface area contributed by atoms with Gasteiger partial charge in [0.05, 0.1) is 0 Å². The lowest BCUT2D eigenvalue weighted by molar-refractivity contribution is 0.209. The van der Waals surface area contributed by atoms with Gasteiger partial charge in [-0.05, 0) is 18.8 Å². The fourth-order valence-corrected chi connectivity index (χ4v) is 1.40. The van der Waals surface area contributed by atoms with E-state index in [-0.39, 0.29) is 6.10 Å². The first-order chi connectivity index (χ1) is 4.99. The number of aliphatic hydroxyl groups excluding tert-OH is 1. The van der Waals surface area contributed by atoms with E-state index < -0.39 is 8.07 Å². The summed E-state index contributed by atoms with van der Waals surface area (Å²) in [6.07, 6.45) is 2.00. The molecule has 1 N–H and O–H groups in total. The van der Waals surface area contributed by atoms with Crippen LogP contribution in [0.4, 0.5) is 0 Å². The summed E-state index contributed by atoms with van der Waals surface area (Å²) in [5, 5.41) is 9.40. The first-order valence-electron chi connectivity index (χ1n) is 4.20. The fourth-order valence-electron chi connectivity index (χ4n) is 0.820. The quantitative estimate of drug-likeness (QED) is 0.466. The van der Waals surface area contributed by atoms with Gasteiger partial charge in [-0.3, -0.25) is 0 Å². The highest BCUT2D eigenvalue weighted by molar-refractivity contribution is 6.83. The predicted octanol–water partition coefficient (Wildman–Crippen LogP) is 1.64. The molecule has 0 heterocycles. The van der Waals surface area contributed by atoms with E-state index in [1.54, 1.807) is 0 Å². The zero-order chi connectivity index (χ0) is 8.48. The summed E-state index contributed by atoms with van der Waals surface area (Å²) in [6, 6.07) is 0. The van der Waals surface area contributed by atoms with Crippen molar-refractivity contribution in [3.8, 4) is 11.5 Å². The van der Waals surface area contributed by atoms with Gasteiger partial charge in [-0.1, -0.05) is 25.6 Å². The van der Waals surface area contributed by atoms with E-state index in [1.165, 1.54) is 12.8 Å². The summed E-state index contributed by atoms with van der Waals surface area (Å²) in [5.74, 6) is 3.45. The van der Waals surface area contributed by atoms with Crippen molar-refractivity contribution in [1.82, 2.24) is 0 Å². The van der Waals surface area contributed by atoms with Crippen LogP contribution in [0.15, 0.2) is 0 Å². The SMILES string of the molecule is C[Si](C)(C)C#C[C@H](O)C1CC1. The Kier molecular flexibility index (Phi) is 2.41. The smallest absolute Gasteiger partial charge is 0.129 e. The monoisotopic (exact) mass is 168 g/mol. The summed E-state index contributed by atoms with van der Waals surface area (Å²) in [4.78, 5) is 0. The average molecular weight is 168 g/mol. The highest BCUT2D eigenvalue weighted by Crippen LogP contribution is 2.32. The topological polar surface area (TPSA) is 20.2 Å². The molecule has 0 unspecified atom stereocenters. The third kappa shape index (κ3) is 3.59. The largest absolute Gasteiger partial charge is 0.380 e.